The molecule has 2 aliphatic carbocycles. The number of aliphatic hydroxyl groups is 3. The Kier molecular flexibility index (Phi) is 7.91. The van der Waals surface area contributed by atoms with Crippen molar-refractivity contribution in [2.24, 2.45) is 22.7 Å². The molecule has 0 aliphatic heterocycles. The van der Waals surface area contributed by atoms with Gasteiger partial charge in [-0.3, -0.25) is 0 Å². The zero-order valence-corrected chi connectivity index (χ0v) is 19.7. The van der Waals surface area contributed by atoms with Gasteiger partial charge in [0, 0.05) is 6.42 Å². The highest BCUT2D eigenvalue weighted by Crippen LogP contribution is 2.62. The van der Waals surface area contributed by atoms with Crippen LogP contribution in [0, 0.1) is 34.5 Å². The predicted molar refractivity (Wildman–Crippen MR) is 112 cm³/mol. The van der Waals surface area contributed by atoms with Crippen LogP contribution in [-0.2, 0) is 0 Å². The van der Waals surface area contributed by atoms with Gasteiger partial charge >= 0.3 is 18.0 Å². The molecule has 2 aliphatic rings. The summed E-state index contributed by atoms with van der Waals surface area (Å²) < 4.78 is 78.3. The van der Waals surface area contributed by atoms with Gasteiger partial charge in [0.05, 0.1) is 11.7 Å². The second-order valence-corrected chi connectivity index (χ2v) is 11.2. The zero-order chi connectivity index (χ0) is 25.5. The maximum absolute atomic E-state index is 13.1. The van der Waals surface area contributed by atoms with Crippen molar-refractivity contribution in [1.29, 1.82) is 0 Å². The van der Waals surface area contributed by atoms with Gasteiger partial charge in [0.15, 0.2) is 0 Å². The summed E-state index contributed by atoms with van der Waals surface area (Å²) in [5.74, 6) is 3.14. The molecule has 2 saturated carbocycles. The van der Waals surface area contributed by atoms with Crippen molar-refractivity contribution in [3.8, 4) is 11.8 Å². The van der Waals surface area contributed by atoms with E-state index in [-0.39, 0.29) is 23.7 Å². The molecule has 0 aromatic carbocycles. The van der Waals surface area contributed by atoms with Crippen LogP contribution in [0.15, 0.2) is 0 Å². The van der Waals surface area contributed by atoms with Crippen LogP contribution in [0.4, 0.5) is 26.3 Å². The molecule has 9 heteroatoms. The monoisotopic (exact) mass is 486 g/mol. The van der Waals surface area contributed by atoms with Crippen LogP contribution in [0.25, 0.3) is 0 Å². The number of hydrogen-bond donors (Lipinski definition) is 3. The van der Waals surface area contributed by atoms with Crippen molar-refractivity contribution in [3.05, 3.63) is 0 Å². The van der Waals surface area contributed by atoms with Crippen molar-refractivity contribution in [2.75, 3.05) is 0 Å². The standard InChI is InChI=1S/C24H36F6O3/c1-19(2,32)11-6-12-20(3,13-7-15-22(33,23(25,26)27)24(28,29)30)18-10-9-16-17(31)8-5-14-21(16,18)4/h16-18,31-33H,5-6,8-14H2,1-4H3/t16?,17-,18?,20+,21-/m0/s1. The van der Waals surface area contributed by atoms with Gasteiger partial charge in [-0.15, -0.1) is 0 Å². The van der Waals surface area contributed by atoms with Crippen molar-refractivity contribution in [3.63, 3.8) is 0 Å². The van der Waals surface area contributed by atoms with E-state index in [4.69, 9.17) is 0 Å². The lowest BCUT2D eigenvalue weighted by Crippen LogP contribution is -2.55. The van der Waals surface area contributed by atoms with Gasteiger partial charge in [-0.25, -0.2) is 0 Å². The molecule has 0 aromatic heterocycles. The minimum atomic E-state index is -5.98. The Balaban J connectivity index is 2.39. The maximum atomic E-state index is 13.1. The van der Waals surface area contributed by atoms with Gasteiger partial charge < -0.3 is 15.3 Å². The van der Waals surface area contributed by atoms with E-state index in [0.29, 0.717) is 32.1 Å². The van der Waals surface area contributed by atoms with Crippen molar-refractivity contribution < 1.29 is 41.7 Å². The summed E-state index contributed by atoms with van der Waals surface area (Å²) in [4.78, 5) is 0. The summed E-state index contributed by atoms with van der Waals surface area (Å²) in [7, 11) is 0. The molecule has 0 radical (unpaired) electrons. The quantitative estimate of drug-likeness (QED) is 0.331. The van der Waals surface area contributed by atoms with Crippen molar-refractivity contribution in [2.45, 2.75) is 115 Å². The third kappa shape index (κ3) is 5.82. The van der Waals surface area contributed by atoms with E-state index in [0.717, 1.165) is 25.2 Å². The Hall–Kier alpha value is -0.980. The first-order valence-electron chi connectivity index (χ1n) is 11.5. The van der Waals surface area contributed by atoms with E-state index >= 15 is 0 Å². The van der Waals surface area contributed by atoms with Crippen LogP contribution in [0.2, 0.25) is 0 Å². The maximum Gasteiger partial charge on any atom is 0.438 e. The Bertz CT molecular complexity index is 731. The fourth-order valence-corrected chi connectivity index (χ4v) is 6.28. The minimum absolute atomic E-state index is 0.0279. The fourth-order valence-electron chi connectivity index (χ4n) is 6.28. The van der Waals surface area contributed by atoms with Crippen molar-refractivity contribution in [1.82, 2.24) is 0 Å². The molecule has 0 bridgehead atoms. The molecule has 192 valence electrons. The number of aliphatic hydroxyl groups excluding tert-OH is 1. The molecule has 0 aromatic rings. The first-order chi connectivity index (χ1) is 14.8. The van der Waals surface area contributed by atoms with Crippen LogP contribution in [0.3, 0.4) is 0 Å². The molecule has 5 atom stereocenters. The van der Waals surface area contributed by atoms with E-state index < -0.39 is 35.1 Å². The number of rotatable bonds is 6. The minimum Gasteiger partial charge on any atom is -0.393 e. The SMILES string of the molecule is CC(C)(O)CCC[C@](C)(CC#CC(O)(C(F)(F)F)C(F)(F)F)C1CCC2[C@@H](O)CCC[C@@]21C. The topological polar surface area (TPSA) is 60.7 Å². The van der Waals surface area contributed by atoms with E-state index in [9.17, 15) is 41.7 Å². The van der Waals surface area contributed by atoms with Gasteiger partial charge in [-0.05, 0) is 81.0 Å². The van der Waals surface area contributed by atoms with Crippen LogP contribution in [-0.4, -0.2) is 45.0 Å². The van der Waals surface area contributed by atoms with Gasteiger partial charge in [-0.2, -0.15) is 26.3 Å². The van der Waals surface area contributed by atoms with Gasteiger partial charge in [-0.1, -0.05) is 32.6 Å². The second-order valence-electron chi connectivity index (χ2n) is 11.2. The molecule has 3 nitrogen and oxygen atoms in total. The molecule has 33 heavy (non-hydrogen) atoms. The molecule has 0 spiro atoms. The van der Waals surface area contributed by atoms with E-state index in [2.05, 4.69) is 12.8 Å². The largest absolute Gasteiger partial charge is 0.438 e. The van der Waals surface area contributed by atoms with E-state index in [1.165, 1.54) is 0 Å². The molecule has 0 amide bonds. The Labute approximate surface area is 191 Å². The predicted octanol–water partition coefficient (Wildman–Crippen LogP) is 5.76. The highest BCUT2D eigenvalue weighted by atomic mass is 19.4. The van der Waals surface area contributed by atoms with Crippen LogP contribution >= 0.6 is 0 Å². The van der Waals surface area contributed by atoms with Gasteiger partial charge in [0.2, 0.25) is 0 Å². The average Bonchev–Trinajstić information content (AvgIpc) is 2.97. The Morgan fingerprint density at radius 3 is 2.00 bits per heavy atom. The average molecular weight is 487 g/mol. The van der Waals surface area contributed by atoms with Crippen LogP contribution < -0.4 is 0 Å². The molecule has 2 unspecified atom stereocenters. The summed E-state index contributed by atoms with van der Waals surface area (Å²) in [6.45, 7) is 7.16. The smallest absolute Gasteiger partial charge is 0.393 e. The lowest BCUT2D eigenvalue weighted by molar-refractivity contribution is -0.343. The highest BCUT2D eigenvalue weighted by molar-refractivity contribution is 5.22. The number of fused-ring (bicyclic) bond motifs is 1. The summed E-state index contributed by atoms with van der Waals surface area (Å²) in [6, 6.07) is 0. The lowest BCUT2D eigenvalue weighted by Gasteiger charge is -2.49. The lowest BCUT2D eigenvalue weighted by atomic mass is 9.56. The van der Waals surface area contributed by atoms with Crippen LogP contribution in [0.1, 0.15) is 85.5 Å². The normalized spacial score (nSPS) is 30.9. The first kappa shape index (κ1) is 28.3. The highest BCUT2D eigenvalue weighted by Gasteiger charge is 2.70. The molecule has 3 N–H and O–H groups in total. The third-order valence-electron chi connectivity index (χ3n) is 8.05. The van der Waals surface area contributed by atoms with Gasteiger partial charge in [0.1, 0.15) is 0 Å². The zero-order valence-electron chi connectivity index (χ0n) is 19.7. The van der Waals surface area contributed by atoms with Crippen LogP contribution in [0.5, 0.6) is 0 Å². The summed E-state index contributed by atoms with van der Waals surface area (Å²) in [5, 5.41) is 30.0. The first-order valence-corrected chi connectivity index (χ1v) is 11.5. The second kappa shape index (κ2) is 9.23. The molecule has 2 rings (SSSR count). The molecule has 0 saturated heterocycles. The number of halogens is 6. The van der Waals surface area contributed by atoms with Crippen molar-refractivity contribution >= 4 is 0 Å². The van der Waals surface area contributed by atoms with E-state index in [1.807, 2.05) is 6.92 Å². The van der Waals surface area contributed by atoms with E-state index in [1.54, 1.807) is 13.8 Å². The molecule has 0 heterocycles. The number of alkyl halides is 6. The Morgan fingerprint density at radius 2 is 1.48 bits per heavy atom. The third-order valence-corrected chi connectivity index (χ3v) is 8.05. The molecule has 2 fully saturated rings. The molecular formula is C24H36F6O3. The molecular weight excluding hydrogens is 450 g/mol. The summed E-state index contributed by atoms with van der Waals surface area (Å²) in [6.07, 6.45) is -7.55. The van der Waals surface area contributed by atoms with Gasteiger partial charge in [0.25, 0.3) is 0 Å². The fraction of sp³-hybridized carbons (Fsp3) is 0.917. The number of hydrogen-bond acceptors (Lipinski definition) is 3. The summed E-state index contributed by atoms with van der Waals surface area (Å²) >= 11 is 0. The Morgan fingerprint density at radius 1 is 0.909 bits per heavy atom. The summed E-state index contributed by atoms with van der Waals surface area (Å²) in [5.41, 5.74) is -7.08.